The van der Waals surface area contributed by atoms with E-state index in [-0.39, 0.29) is 35.3 Å². The average molecular weight is 554 g/mol. The fourth-order valence-electron chi connectivity index (χ4n) is 5.08. The third-order valence-corrected chi connectivity index (χ3v) is 7.83. The number of rotatable bonds is 6. The number of aromatic nitrogens is 4. The van der Waals surface area contributed by atoms with Crippen molar-refractivity contribution >= 4 is 46.0 Å². The molecule has 1 saturated heterocycles. The number of likely N-dealkylation sites (N-methyl/N-ethyl adjacent to an activating group) is 1. The molecule has 0 unspecified atom stereocenters. The van der Waals surface area contributed by atoms with Crippen LogP contribution in [0.1, 0.15) is 31.4 Å². The molecule has 2 aliphatic rings. The van der Waals surface area contributed by atoms with Crippen LogP contribution in [0.25, 0.3) is 5.57 Å². The first-order chi connectivity index (χ1) is 18.7. The van der Waals surface area contributed by atoms with Gasteiger partial charge in [-0.2, -0.15) is 0 Å². The molecule has 0 amide bonds. The Bertz CT molecular complexity index is 1360. The van der Waals surface area contributed by atoms with Crippen LogP contribution in [-0.2, 0) is 6.61 Å². The molecule has 0 radical (unpaired) electrons. The minimum Gasteiger partial charge on any atom is -0.393 e. The van der Waals surface area contributed by atoms with E-state index in [4.69, 9.17) is 17.3 Å². The zero-order chi connectivity index (χ0) is 27.7. The highest BCUT2D eigenvalue weighted by molar-refractivity contribution is 6.32. The Labute approximate surface area is 232 Å². The maximum Gasteiger partial charge on any atom is 0.225 e. The molecule has 2 aliphatic heterocycles. The number of benzene rings is 1. The Kier molecular flexibility index (Phi) is 7.83. The molecule has 0 aliphatic carbocycles. The van der Waals surface area contributed by atoms with Crippen molar-refractivity contribution in [2.24, 2.45) is 0 Å². The summed E-state index contributed by atoms with van der Waals surface area (Å²) < 4.78 is 15.9. The Hall–Kier alpha value is -3.54. The lowest BCUT2D eigenvalue weighted by molar-refractivity contribution is 0.170. The first kappa shape index (κ1) is 27.0. The van der Waals surface area contributed by atoms with Gasteiger partial charge >= 0.3 is 0 Å². The molecule has 0 saturated carbocycles. The lowest BCUT2D eigenvalue weighted by atomic mass is 9.98. The molecule has 2 atom stereocenters. The van der Waals surface area contributed by atoms with Gasteiger partial charge in [0.1, 0.15) is 17.8 Å². The number of hydrogen-bond donors (Lipinski definition) is 3. The van der Waals surface area contributed by atoms with Gasteiger partial charge in [-0.05, 0) is 45.0 Å². The largest absolute Gasteiger partial charge is 0.393 e. The number of aliphatic hydroxyl groups excluding tert-OH is 1. The quantitative estimate of drug-likeness (QED) is 0.390. The summed E-state index contributed by atoms with van der Waals surface area (Å²) >= 11 is 6.16. The summed E-state index contributed by atoms with van der Waals surface area (Å²) in [5.74, 6) is 0.589. The highest BCUT2D eigenvalue weighted by Crippen LogP contribution is 2.38. The van der Waals surface area contributed by atoms with Crippen molar-refractivity contribution in [3.63, 3.8) is 0 Å². The second-order valence-corrected chi connectivity index (χ2v) is 10.5. The molecule has 0 bridgehead atoms. The average Bonchev–Trinajstić information content (AvgIpc) is 2.94. The Morgan fingerprint density at radius 2 is 1.82 bits per heavy atom. The lowest BCUT2D eigenvalue weighted by Gasteiger charge is -2.44. The standard InChI is InChI=1S/C27H33ClFN9O/c1-16-11-38(12-17(2)36(16)3)23-8-21(29)20(7-22(23)35-26-24(30)25(28)33-15-34-26)19-5-4-6-37(13-19)27-31-9-18(14-39)10-32-27/h5,7-10,15-17,39H,4,6,11-14,30H2,1-3H3,(H,33,34,35)/t16-,17+. The van der Waals surface area contributed by atoms with E-state index in [2.05, 4.69) is 62.0 Å². The third-order valence-electron chi connectivity index (χ3n) is 7.53. The summed E-state index contributed by atoms with van der Waals surface area (Å²) in [5, 5.41) is 12.8. The molecular formula is C27H33ClFN9O. The van der Waals surface area contributed by atoms with Crippen molar-refractivity contribution in [3.8, 4) is 0 Å². The lowest BCUT2D eigenvalue weighted by Crippen LogP contribution is -2.55. The van der Waals surface area contributed by atoms with Crippen LogP contribution >= 0.6 is 11.6 Å². The Balaban J connectivity index is 1.51. The molecule has 1 aromatic carbocycles. The molecule has 206 valence electrons. The number of nitrogens with two attached hydrogens (primary N) is 1. The van der Waals surface area contributed by atoms with Gasteiger partial charge in [-0.3, -0.25) is 4.90 Å². The van der Waals surface area contributed by atoms with Crippen LogP contribution in [0.4, 0.5) is 33.2 Å². The van der Waals surface area contributed by atoms with Crippen molar-refractivity contribution in [2.75, 3.05) is 54.1 Å². The predicted octanol–water partition coefficient (Wildman–Crippen LogP) is 3.70. The highest BCUT2D eigenvalue weighted by Gasteiger charge is 2.29. The van der Waals surface area contributed by atoms with Crippen LogP contribution in [0.2, 0.25) is 5.15 Å². The van der Waals surface area contributed by atoms with E-state index in [0.717, 1.165) is 24.4 Å². The van der Waals surface area contributed by atoms with Crippen molar-refractivity contribution in [1.82, 2.24) is 24.8 Å². The van der Waals surface area contributed by atoms with Gasteiger partial charge in [0, 0.05) is 61.8 Å². The molecule has 10 nitrogen and oxygen atoms in total. The van der Waals surface area contributed by atoms with Crippen LogP contribution in [0.3, 0.4) is 0 Å². The Morgan fingerprint density at radius 3 is 2.51 bits per heavy atom. The molecule has 1 fully saturated rings. The first-order valence-electron chi connectivity index (χ1n) is 12.9. The number of hydrogen-bond acceptors (Lipinski definition) is 10. The molecule has 0 spiro atoms. The summed E-state index contributed by atoms with van der Waals surface area (Å²) in [5.41, 5.74) is 9.76. The van der Waals surface area contributed by atoms with Crippen LogP contribution in [0.5, 0.6) is 0 Å². The molecule has 2 aromatic heterocycles. The van der Waals surface area contributed by atoms with E-state index < -0.39 is 0 Å². The van der Waals surface area contributed by atoms with Crippen molar-refractivity contribution < 1.29 is 9.50 Å². The SMILES string of the molecule is C[C@@H]1CN(c2cc(F)c(C3=CCCN(c4ncc(CO)cn4)C3)cc2Nc2ncnc(Cl)c2N)C[C@H](C)N1C. The van der Waals surface area contributed by atoms with Crippen LogP contribution in [0.15, 0.2) is 36.9 Å². The van der Waals surface area contributed by atoms with Gasteiger partial charge in [-0.15, -0.1) is 0 Å². The number of nitrogen functional groups attached to an aromatic ring is 1. The number of halogens is 2. The van der Waals surface area contributed by atoms with Gasteiger partial charge in [-0.1, -0.05) is 17.7 Å². The second-order valence-electron chi connectivity index (χ2n) is 10.2. The zero-order valence-electron chi connectivity index (χ0n) is 22.3. The second kappa shape index (κ2) is 11.3. The maximum atomic E-state index is 15.9. The van der Waals surface area contributed by atoms with Gasteiger partial charge in [0.15, 0.2) is 11.0 Å². The molecule has 4 heterocycles. The molecular weight excluding hydrogens is 521 g/mol. The zero-order valence-corrected chi connectivity index (χ0v) is 23.0. The Morgan fingerprint density at radius 1 is 1.10 bits per heavy atom. The predicted molar refractivity (Wildman–Crippen MR) is 153 cm³/mol. The first-order valence-corrected chi connectivity index (χ1v) is 13.3. The third kappa shape index (κ3) is 5.61. The molecule has 3 aromatic rings. The van der Waals surface area contributed by atoms with E-state index in [1.807, 2.05) is 11.0 Å². The topological polar surface area (TPSA) is 120 Å². The number of piperazine rings is 1. The van der Waals surface area contributed by atoms with Crippen molar-refractivity contribution in [3.05, 3.63) is 59.0 Å². The van der Waals surface area contributed by atoms with E-state index in [0.29, 0.717) is 48.1 Å². The minimum absolute atomic E-state index is 0.119. The van der Waals surface area contributed by atoms with E-state index in [1.54, 1.807) is 18.5 Å². The van der Waals surface area contributed by atoms with Crippen LogP contribution in [0, 0.1) is 5.82 Å². The normalized spacial score (nSPS) is 20.2. The summed E-state index contributed by atoms with van der Waals surface area (Å²) in [7, 11) is 2.11. The summed E-state index contributed by atoms with van der Waals surface area (Å²) in [6.07, 6.45) is 7.32. The van der Waals surface area contributed by atoms with E-state index in [1.165, 1.54) is 6.33 Å². The molecule has 5 rings (SSSR count). The fraction of sp³-hybridized carbons (Fsp3) is 0.407. The summed E-state index contributed by atoms with van der Waals surface area (Å²) in [6, 6.07) is 3.98. The molecule has 39 heavy (non-hydrogen) atoms. The number of nitrogens with one attached hydrogen (secondary N) is 1. The summed E-state index contributed by atoms with van der Waals surface area (Å²) in [6.45, 7) is 6.85. The van der Waals surface area contributed by atoms with Gasteiger partial charge in [0.25, 0.3) is 0 Å². The number of nitrogens with zero attached hydrogens (tertiary/aromatic N) is 7. The highest BCUT2D eigenvalue weighted by atomic mass is 35.5. The fourth-order valence-corrected chi connectivity index (χ4v) is 5.21. The van der Waals surface area contributed by atoms with Crippen LogP contribution < -0.4 is 20.9 Å². The van der Waals surface area contributed by atoms with Crippen LogP contribution in [-0.4, -0.2) is 75.3 Å². The van der Waals surface area contributed by atoms with Gasteiger partial charge in [-0.25, -0.2) is 24.3 Å². The van der Waals surface area contributed by atoms with Gasteiger partial charge in [0.05, 0.1) is 18.0 Å². The molecule has 4 N–H and O–H groups in total. The van der Waals surface area contributed by atoms with Gasteiger partial charge in [0.2, 0.25) is 5.95 Å². The monoisotopic (exact) mass is 553 g/mol. The molecule has 12 heteroatoms. The summed E-state index contributed by atoms with van der Waals surface area (Å²) in [4.78, 5) is 23.5. The number of aliphatic hydroxyl groups is 1. The minimum atomic E-state index is -0.312. The van der Waals surface area contributed by atoms with Gasteiger partial charge < -0.3 is 26.0 Å². The van der Waals surface area contributed by atoms with E-state index in [9.17, 15) is 5.11 Å². The number of anilines is 5. The van der Waals surface area contributed by atoms with Crippen molar-refractivity contribution in [1.29, 1.82) is 0 Å². The van der Waals surface area contributed by atoms with E-state index >= 15 is 4.39 Å². The smallest absolute Gasteiger partial charge is 0.225 e. The van der Waals surface area contributed by atoms with Crippen molar-refractivity contribution in [2.45, 2.75) is 39.0 Å². The maximum absolute atomic E-state index is 15.9.